The smallest absolute Gasteiger partial charge is 0.0312 e. The van der Waals surface area contributed by atoms with Crippen molar-refractivity contribution in [2.24, 2.45) is 0 Å². The first-order valence-corrected chi connectivity index (χ1v) is 6.07. The van der Waals surface area contributed by atoms with Gasteiger partial charge in [-0.15, -0.1) is 12.4 Å². The van der Waals surface area contributed by atoms with Gasteiger partial charge in [0.1, 0.15) is 0 Å². The average Bonchev–Trinajstić information content (AvgIpc) is 2.56. The number of nitrogens with one attached hydrogen (secondary N) is 1. The first-order chi connectivity index (χ1) is 7.45. The van der Waals surface area contributed by atoms with E-state index in [1.807, 2.05) is 18.5 Å². The van der Waals surface area contributed by atoms with Gasteiger partial charge in [-0.05, 0) is 24.5 Å². The normalized spacial score (nSPS) is 17.5. The number of hydrogen-bond acceptors (Lipinski definition) is 2. The van der Waals surface area contributed by atoms with Crippen LogP contribution in [-0.2, 0) is 6.54 Å². The highest BCUT2D eigenvalue weighted by atomic mass is 35.5. The quantitative estimate of drug-likeness (QED) is 0.820. The Kier molecular flexibility index (Phi) is 6.43. The van der Waals surface area contributed by atoms with E-state index in [9.17, 15) is 0 Å². The molecule has 0 atom stereocenters. The lowest BCUT2D eigenvalue weighted by Crippen LogP contribution is -2.27. The van der Waals surface area contributed by atoms with Crippen LogP contribution >= 0.6 is 12.4 Å². The lowest BCUT2D eigenvalue weighted by Gasteiger charge is -2.15. The Hall–Kier alpha value is -0.600. The largest absolute Gasteiger partial charge is 0.310 e. The van der Waals surface area contributed by atoms with E-state index in [1.54, 1.807) is 0 Å². The summed E-state index contributed by atoms with van der Waals surface area (Å²) in [5.74, 6) is 0. The molecule has 16 heavy (non-hydrogen) atoms. The average molecular weight is 241 g/mol. The van der Waals surface area contributed by atoms with Crippen molar-refractivity contribution in [3.05, 3.63) is 30.1 Å². The fraction of sp³-hybridized carbons (Fsp3) is 0.615. The molecular weight excluding hydrogens is 220 g/mol. The Bertz CT molecular complexity index is 269. The van der Waals surface area contributed by atoms with Crippen molar-refractivity contribution in [3.8, 4) is 0 Å². The molecule has 0 aromatic carbocycles. The van der Waals surface area contributed by atoms with Gasteiger partial charge in [-0.25, -0.2) is 0 Å². The number of nitrogens with zero attached hydrogens (tertiary/aromatic N) is 1. The minimum absolute atomic E-state index is 0. The second kappa shape index (κ2) is 7.64. The topological polar surface area (TPSA) is 24.9 Å². The third kappa shape index (κ3) is 4.50. The molecule has 2 nitrogen and oxygen atoms in total. The van der Waals surface area contributed by atoms with E-state index in [-0.39, 0.29) is 12.4 Å². The van der Waals surface area contributed by atoms with Crippen LogP contribution in [0.25, 0.3) is 0 Å². The molecule has 1 aliphatic rings. The minimum Gasteiger partial charge on any atom is -0.310 e. The summed E-state index contributed by atoms with van der Waals surface area (Å²) in [5.41, 5.74) is 1.29. The number of hydrogen-bond donors (Lipinski definition) is 1. The zero-order valence-corrected chi connectivity index (χ0v) is 10.5. The van der Waals surface area contributed by atoms with Crippen LogP contribution in [0.3, 0.4) is 0 Å². The van der Waals surface area contributed by atoms with Crippen molar-refractivity contribution in [2.45, 2.75) is 51.1 Å². The van der Waals surface area contributed by atoms with E-state index in [2.05, 4.69) is 16.4 Å². The van der Waals surface area contributed by atoms with E-state index in [0.717, 1.165) is 12.6 Å². The maximum Gasteiger partial charge on any atom is 0.0312 e. The van der Waals surface area contributed by atoms with Crippen molar-refractivity contribution in [1.29, 1.82) is 0 Å². The highest BCUT2D eigenvalue weighted by Gasteiger charge is 2.10. The van der Waals surface area contributed by atoms with Crippen LogP contribution in [0.4, 0.5) is 0 Å². The van der Waals surface area contributed by atoms with Gasteiger partial charge in [0.05, 0.1) is 0 Å². The molecule has 2 rings (SSSR count). The van der Waals surface area contributed by atoms with Crippen LogP contribution in [0.15, 0.2) is 24.5 Å². The second-order valence-corrected chi connectivity index (χ2v) is 4.43. The number of halogens is 1. The minimum atomic E-state index is 0. The highest BCUT2D eigenvalue weighted by molar-refractivity contribution is 5.85. The van der Waals surface area contributed by atoms with Crippen LogP contribution in [0.5, 0.6) is 0 Å². The zero-order chi connectivity index (χ0) is 10.3. The predicted octanol–water partition coefficient (Wildman–Crippen LogP) is 3.32. The summed E-state index contributed by atoms with van der Waals surface area (Å²) in [4.78, 5) is 4.13. The highest BCUT2D eigenvalue weighted by Crippen LogP contribution is 2.17. The molecule has 0 spiro atoms. The molecule has 1 aromatic rings. The Labute approximate surface area is 104 Å². The van der Waals surface area contributed by atoms with Crippen LogP contribution in [0, 0.1) is 0 Å². The second-order valence-electron chi connectivity index (χ2n) is 4.43. The van der Waals surface area contributed by atoms with Gasteiger partial charge < -0.3 is 5.32 Å². The molecule has 90 valence electrons. The van der Waals surface area contributed by atoms with Crippen molar-refractivity contribution >= 4 is 12.4 Å². The van der Waals surface area contributed by atoms with Crippen LogP contribution in [0.2, 0.25) is 0 Å². The molecule has 1 aliphatic carbocycles. The van der Waals surface area contributed by atoms with Crippen molar-refractivity contribution in [1.82, 2.24) is 10.3 Å². The lowest BCUT2D eigenvalue weighted by molar-refractivity contribution is 0.459. The van der Waals surface area contributed by atoms with Gasteiger partial charge in [0.25, 0.3) is 0 Å². The van der Waals surface area contributed by atoms with E-state index in [1.165, 1.54) is 44.1 Å². The number of rotatable bonds is 3. The van der Waals surface area contributed by atoms with Gasteiger partial charge in [0, 0.05) is 25.0 Å². The third-order valence-corrected chi connectivity index (χ3v) is 3.17. The molecule has 0 aliphatic heterocycles. The van der Waals surface area contributed by atoms with Gasteiger partial charge >= 0.3 is 0 Å². The fourth-order valence-electron chi connectivity index (χ4n) is 2.25. The van der Waals surface area contributed by atoms with Crippen LogP contribution in [0.1, 0.15) is 44.1 Å². The Balaban J connectivity index is 0.00000128. The van der Waals surface area contributed by atoms with Gasteiger partial charge in [-0.1, -0.05) is 31.7 Å². The molecule has 1 fully saturated rings. The van der Waals surface area contributed by atoms with Gasteiger partial charge in [-0.2, -0.15) is 0 Å². The van der Waals surface area contributed by atoms with Gasteiger partial charge in [0.2, 0.25) is 0 Å². The van der Waals surface area contributed by atoms with E-state index < -0.39 is 0 Å². The molecule has 0 amide bonds. The van der Waals surface area contributed by atoms with Gasteiger partial charge in [-0.3, -0.25) is 4.98 Å². The summed E-state index contributed by atoms with van der Waals surface area (Å²) in [6.07, 6.45) is 12.1. The Morgan fingerprint density at radius 1 is 1.19 bits per heavy atom. The molecule has 1 N–H and O–H groups in total. The predicted molar refractivity (Wildman–Crippen MR) is 69.8 cm³/mol. The van der Waals surface area contributed by atoms with E-state index in [4.69, 9.17) is 0 Å². The molecule has 0 saturated heterocycles. The number of aromatic nitrogens is 1. The van der Waals surface area contributed by atoms with Crippen molar-refractivity contribution < 1.29 is 0 Å². The molecule has 0 bridgehead atoms. The lowest BCUT2D eigenvalue weighted by atomic mass is 10.1. The Morgan fingerprint density at radius 3 is 2.56 bits per heavy atom. The standard InChI is InChI=1S/C13H20N2.ClH/c1-2-4-8-13(7-3-1)15-11-12-6-5-9-14-10-12;/h5-6,9-10,13,15H,1-4,7-8,11H2;1H. The maximum atomic E-state index is 4.13. The summed E-state index contributed by atoms with van der Waals surface area (Å²) in [7, 11) is 0. The Morgan fingerprint density at radius 2 is 1.94 bits per heavy atom. The zero-order valence-electron chi connectivity index (χ0n) is 9.69. The van der Waals surface area contributed by atoms with Gasteiger partial charge in [0.15, 0.2) is 0 Å². The summed E-state index contributed by atoms with van der Waals surface area (Å²) >= 11 is 0. The molecule has 3 heteroatoms. The third-order valence-electron chi connectivity index (χ3n) is 3.17. The monoisotopic (exact) mass is 240 g/mol. The molecular formula is C13H21ClN2. The fourth-order valence-corrected chi connectivity index (χ4v) is 2.25. The first kappa shape index (κ1) is 13.5. The molecule has 1 heterocycles. The summed E-state index contributed by atoms with van der Waals surface area (Å²) < 4.78 is 0. The number of pyridine rings is 1. The SMILES string of the molecule is Cl.c1cncc(CNC2CCCCCC2)c1. The van der Waals surface area contributed by atoms with Crippen LogP contribution in [-0.4, -0.2) is 11.0 Å². The van der Waals surface area contributed by atoms with Crippen LogP contribution < -0.4 is 5.32 Å². The molecule has 1 saturated carbocycles. The summed E-state index contributed by atoms with van der Waals surface area (Å²) in [6.45, 7) is 0.971. The molecule has 1 aromatic heterocycles. The van der Waals surface area contributed by atoms with E-state index >= 15 is 0 Å². The van der Waals surface area contributed by atoms with E-state index in [0.29, 0.717) is 0 Å². The molecule has 0 radical (unpaired) electrons. The van der Waals surface area contributed by atoms with Crippen molar-refractivity contribution in [3.63, 3.8) is 0 Å². The van der Waals surface area contributed by atoms with Crippen molar-refractivity contribution in [2.75, 3.05) is 0 Å². The summed E-state index contributed by atoms with van der Waals surface area (Å²) in [6, 6.07) is 4.87. The molecule has 0 unspecified atom stereocenters. The first-order valence-electron chi connectivity index (χ1n) is 6.07. The summed E-state index contributed by atoms with van der Waals surface area (Å²) in [5, 5.41) is 3.64. The maximum absolute atomic E-state index is 4.13.